The van der Waals surface area contributed by atoms with Crippen LogP contribution in [0.1, 0.15) is 0 Å². The summed E-state index contributed by atoms with van der Waals surface area (Å²) in [7, 11) is 0. The standard InChI is InChI=1S/C11H11ClN4OS/c1-18-6-9(17)13-11-14-10(15-16-11)7-3-2-4-8(12)5-7/h2-5H,6H2,1H3,(H2,13,14,15,16,17). The molecular weight excluding hydrogens is 272 g/mol. The summed E-state index contributed by atoms with van der Waals surface area (Å²) in [5.74, 6) is 1.08. The van der Waals surface area contributed by atoms with E-state index in [1.165, 1.54) is 11.8 Å². The maximum Gasteiger partial charge on any atom is 0.249 e. The topological polar surface area (TPSA) is 70.7 Å². The van der Waals surface area contributed by atoms with Crippen molar-refractivity contribution < 1.29 is 4.79 Å². The highest BCUT2D eigenvalue weighted by Gasteiger charge is 2.08. The lowest BCUT2D eigenvalue weighted by molar-refractivity contribution is -0.113. The number of anilines is 1. The molecule has 0 saturated carbocycles. The van der Waals surface area contributed by atoms with Crippen LogP contribution in [0.3, 0.4) is 0 Å². The van der Waals surface area contributed by atoms with Crippen LogP contribution in [-0.4, -0.2) is 33.1 Å². The van der Waals surface area contributed by atoms with Gasteiger partial charge in [-0.3, -0.25) is 15.2 Å². The van der Waals surface area contributed by atoms with Gasteiger partial charge in [-0.15, -0.1) is 5.10 Å². The van der Waals surface area contributed by atoms with Crippen LogP contribution in [-0.2, 0) is 4.79 Å². The predicted octanol–water partition coefficient (Wildman–Crippen LogP) is 2.43. The normalized spacial score (nSPS) is 10.3. The van der Waals surface area contributed by atoms with Crippen molar-refractivity contribution in [3.63, 3.8) is 0 Å². The number of aromatic amines is 1. The van der Waals surface area contributed by atoms with Crippen molar-refractivity contribution in [1.82, 2.24) is 15.2 Å². The monoisotopic (exact) mass is 282 g/mol. The number of hydrogen-bond donors (Lipinski definition) is 2. The minimum atomic E-state index is -0.126. The van der Waals surface area contributed by atoms with Crippen LogP contribution in [0.25, 0.3) is 11.4 Å². The zero-order chi connectivity index (χ0) is 13.0. The van der Waals surface area contributed by atoms with Gasteiger partial charge in [0.15, 0.2) is 5.82 Å². The quantitative estimate of drug-likeness (QED) is 0.903. The number of carbonyl (C=O) groups is 1. The van der Waals surface area contributed by atoms with Crippen molar-refractivity contribution >= 4 is 35.2 Å². The van der Waals surface area contributed by atoms with E-state index in [1.807, 2.05) is 18.4 Å². The number of thioether (sulfide) groups is 1. The second kappa shape index (κ2) is 5.88. The molecule has 94 valence electrons. The van der Waals surface area contributed by atoms with Crippen LogP contribution in [0.5, 0.6) is 0 Å². The van der Waals surface area contributed by atoms with E-state index in [0.717, 1.165) is 5.56 Å². The number of H-pyrrole nitrogens is 1. The minimum Gasteiger partial charge on any atom is -0.293 e. The van der Waals surface area contributed by atoms with Crippen LogP contribution < -0.4 is 5.32 Å². The zero-order valence-corrected chi connectivity index (χ0v) is 11.2. The van der Waals surface area contributed by atoms with Gasteiger partial charge in [-0.2, -0.15) is 16.7 Å². The molecule has 2 rings (SSSR count). The number of nitrogens with one attached hydrogen (secondary N) is 2. The summed E-state index contributed by atoms with van der Waals surface area (Å²) in [6, 6.07) is 7.24. The first-order valence-corrected chi connectivity index (χ1v) is 6.93. The molecule has 0 bridgehead atoms. The molecular formula is C11H11ClN4OS. The van der Waals surface area contributed by atoms with E-state index >= 15 is 0 Å². The number of hydrogen-bond acceptors (Lipinski definition) is 4. The first kappa shape index (κ1) is 12.9. The van der Waals surface area contributed by atoms with E-state index in [2.05, 4.69) is 20.5 Å². The molecule has 5 nitrogen and oxygen atoms in total. The highest BCUT2D eigenvalue weighted by atomic mass is 35.5. The number of benzene rings is 1. The molecule has 0 radical (unpaired) electrons. The lowest BCUT2D eigenvalue weighted by Gasteiger charge is -1.97. The molecule has 0 aliphatic rings. The molecule has 0 unspecified atom stereocenters. The van der Waals surface area contributed by atoms with Gasteiger partial charge in [-0.25, -0.2) is 0 Å². The first-order chi connectivity index (χ1) is 8.69. The third kappa shape index (κ3) is 3.24. The Morgan fingerprint density at radius 3 is 3.11 bits per heavy atom. The van der Waals surface area contributed by atoms with Crippen LogP contribution in [0, 0.1) is 0 Å². The molecule has 7 heteroatoms. The molecule has 1 aromatic heterocycles. The van der Waals surface area contributed by atoms with Crippen molar-refractivity contribution in [2.24, 2.45) is 0 Å². The lowest BCUT2D eigenvalue weighted by atomic mass is 10.2. The molecule has 0 aliphatic heterocycles. The predicted molar refractivity (Wildman–Crippen MR) is 73.8 cm³/mol. The largest absolute Gasteiger partial charge is 0.293 e. The zero-order valence-electron chi connectivity index (χ0n) is 9.61. The summed E-state index contributed by atoms with van der Waals surface area (Å²) in [5, 5.41) is 9.90. The summed E-state index contributed by atoms with van der Waals surface area (Å²) in [4.78, 5) is 15.5. The molecule has 1 amide bonds. The third-order valence-corrected chi connectivity index (χ3v) is 2.90. The fraction of sp³-hybridized carbons (Fsp3) is 0.182. The summed E-state index contributed by atoms with van der Waals surface area (Å²) in [6.07, 6.45) is 1.86. The van der Waals surface area contributed by atoms with Crippen molar-refractivity contribution in [2.75, 3.05) is 17.3 Å². The van der Waals surface area contributed by atoms with E-state index in [-0.39, 0.29) is 11.9 Å². The van der Waals surface area contributed by atoms with Crippen LogP contribution in [0.4, 0.5) is 5.95 Å². The molecule has 0 aliphatic carbocycles. The number of amides is 1. The van der Waals surface area contributed by atoms with Gasteiger partial charge in [-0.05, 0) is 18.4 Å². The van der Waals surface area contributed by atoms with Crippen molar-refractivity contribution in [3.8, 4) is 11.4 Å². The second-order valence-electron chi connectivity index (χ2n) is 3.50. The molecule has 1 aromatic carbocycles. The number of carbonyl (C=O) groups excluding carboxylic acids is 1. The summed E-state index contributed by atoms with van der Waals surface area (Å²) in [5.41, 5.74) is 0.820. The Bertz CT molecular complexity index is 557. The van der Waals surface area contributed by atoms with Gasteiger partial charge in [0.2, 0.25) is 11.9 Å². The Morgan fingerprint density at radius 1 is 1.56 bits per heavy atom. The van der Waals surface area contributed by atoms with Crippen LogP contribution in [0.2, 0.25) is 5.02 Å². The van der Waals surface area contributed by atoms with Crippen molar-refractivity contribution in [1.29, 1.82) is 0 Å². The van der Waals surface area contributed by atoms with Gasteiger partial charge in [-0.1, -0.05) is 23.7 Å². The fourth-order valence-electron chi connectivity index (χ4n) is 1.37. The average Bonchev–Trinajstić information content (AvgIpc) is 2.78. The molecule has 0 fully saturated rings. The van der Waals surface area contributed by atoms with Gasteiger partial charge in [0.25, 0.3) is 0 Å². The molecule has 0 spiro atoms. The second-order valence-corrected chi connectivity index (χ2v) is 4.80. The van der Waals surface area contributed by atoms with Crippen LogP contribution >= 0.6 is 23.4 Å². The minimum absolute atomic E-state index is 0.126. The van der Waals surface area contributed by atoms with E-state index in [0.29, 0.717) is 16.6 Å². The maximum atomic E-state index is 11.4. The molecule has 18 heavy (non-hydrogen) atoms. The first-order valence-electron chi connectivity index (χ1n) is 5.16. The van der Waals surface area contributed by atoms with E-state index in [9.17, 15) is 4.79 Å². The van der Waals surface area contributed by atoms with Gasteiger partial charge < -0.3 is 0 Å². The Kier molecular flexibility index (Phi) is 4.22. The fourth-order valence-corrected chi connectivity index (χ4v) is 1.90. The van der Waals surface area contributed by atoms with E-state index in [1.54, 1.807) is 12.1 Å². The van der Waals surface area contributed by atoms with Gasteiger partial charge in [0.1, 0.15) is 0 Å². The summed E-state index contributed by atoms with van der Waals surface area (Å²) < 4.78 is 0. The average molecular weight is 283 g/mol. The molecule has 0 atom stereocenters. The highest BCUT2D eigenvalue weighted by molar-refractivity contribution is 7.99. The lowest BCUT2D eigenvalue weighted by Crippen LogP contribution is -2.14. The summed E-state index contributed by atoms with van der Waals surface area (Å²) >= 11 is 7.33. The Morgan fingerprint density at radius 2 is 2.39 bits per heavy atom. The smallest absolute Gasteiger partial charge is 0.249 e. The SMILES string of the molecule is CSCC(=O)Nc1n[nH]c(-c2cccc(Cl)c2)n1. The molecule has 1 heterocycles. The Balaban J connectivity index is 2.13. The van der Waals surface area contributed by atoms with Crippen molar-refractivity contribution in [2.45, 2.75) is 0 Å². The van der Waals surface area contributed by atoms with Gasteiger partial charge >= 0.3 is 0 Å². The number of aromatic nitrogens is 3. The Labute approximate surface area is 113 Å². The van der Waals surface area contributed by atoms with Crippen molar-refractivity contribution in [3.05, 3.63) is 29.3 Å². The van der Waals surface area contributed by atoms with E-state index < -0.39 is 0 Å². The van der Waals surface area contributed by atoms with Gasteiger partial charge in [0.05, 0.1) is 5.75 Å². The molecule has 2 N–H and O–H groups in total. The van der Waals surface area contributed by atoms with E-state index in [4.69, 9.17) is 11.6 Å². The number of nitrogens with zero attached hydrogens (tertiary/aromatic N) is 2. The third-order valence-electron chi connectivity index (χ3n) is 2.11. The molecule has 0 saturated heterocycles. The molecule has 2 aromatic rings. The highest BCUT2D eigenvalue weighted by Crippen LogP contribution is 2.19. The Hall–Kier alpha value is -1.53. The number of halogens is 1. The van der Waals surface area contributed by atoms with Gasteiger partial charge in [0, 0.05) is 10.6 Å². The van der Waals surface area contributed by atoms with Crippen LogP contribution in [0.15, 0.2) is 24.3 Å². The summed E-state index contributed by atoms with van der Waals surface area (Å²) in [6.45, 7) is 0. The maximum absolute atomic E-state index is 11.4. The number of rotatable bonds is 4.